The number of hydrogen-bond donors (Lipinski definition) is 2. The van der Waals surface area contributed by atoms with Gasteiger partial charge >= 0.3 is 0 Å². The van der Waals surface area contributed by atoms with Gasteiger partial charge in [-0.2, -0.15) is 0 Å². The van der Waals surface area contributed by atoms with Crippen molar-refractivity contribution in [2.24, 2.45) is 0 Å². The number of nitrogen functional groups attached to an aromatic ring is 1. The van der Waals surface area contributed by atoms with E-state index in [1.54, 1.807) is 0 Å². The SMILES string of the molecule is Nc1ccc(C(=O)NCc2sccc2Br)cc1F. The molecule has 0 aliphatic heterocycles. The molecule has 94 valence electrons. The summed E-state index contributed by atoms with van der Waals surface area (Å²) in [7, 11) is 0. The molecular formula is C12H10BrFN2OS. The molecule has 2 rings (SSSR count). The number of anilines is 1. The minimum atomic E-state index is -0.583. The lowest BCUT2D eigenvalue weighted by molar-refractivity contribution is 0.0951. The maximum Gasteiger partial charge on any atom is 0.251 e. The molecule has 0 saturated carbocycles. The highest BCUT2D eigenvalue weighted by molar-refractivity contribution is 9.10. The zero-order chi connectivity index (χ0) is 13.1. The van der Waals surface area contributed by atoms with Crippen molar-refractivity contribution in [3.8, 4) is 0 Å². The summed E-state index contributed by atoms with van der Waals surface area (Å²) in [6.45, 7) is 0.406. The van der Waals surface area contributed by atoms with Crippen LogP contribution in [-0.4, -0.2) is 5.91 Å². The third-order valence-electron chi connectivity index (χ3n) is 2.36. The van der Waals surface area contributed by atoms with Gasteiger partial charge < -0.3 is 11.1 Å². The van der Waals surface area contributed by atoms with Gasteiger partial charge in [-0.25, -0.2) is 4.39 Å². The Morgan fingerprint density at radius 3 is 2.83 bits per heavy atom. The first-order valence-electron chi connectivity index (χ1n) is 5.13. The van der Waals surface area contributed by atoms with Crippen LogP contribution in [-0.2, 0) is 6.54 Å². The highest BCUT2D eigenvalue weighted by atomic mass is 79.9. The van der Waals surface area contributed by atoms with Crippen LogP contribution in [0.1, 0.15) is 15.2 Å². The van der Waals surface area contributed by atoms with Gasteiger partial charge in [0.25, 0.3) is 5.91 Å². The molecule has 0 radical (unpaired) electrons. The van der Waals surface area contributed by atoms with Crippen LogP contribution in [0.15, 0.2) is 34.1 Å². The van der Waals surface area contributed by atoms with E-state index < -0.39 is 5.82 Å². The Morgan fingerprint density at radius 1 is 1.44 bits per heavy atom. The lowest BCUT2D eigenvalue weighted by Crippen LogP contribution is -2.22. The van der Waals surface area contributed by atoms with Crippen molar-refractivity contribution in [1.82, 2.24) is 5.32 Å². The van der Waals surface area contributed by atoms with Gasteiger partial charge in [0, 0.05) is 14.9 Å². The molecule has 0 atom stereocenters. The Hall–Kier alpha value is -1.40. The van der Waals surface area contributed by atoms with Crippen molar-refractivity contribution in [2.45, 2.75) is 6.54 Å². The van der Waals surface area contributed by atoms with Crippen LogP contribution in [0.5, 0.6) is 0 Å². The number of benzene rings is 1. The molecule has 18 heavy (non-hydrogen) atoms. The molecule has 0 aliphatic carbocycles. The Bertz CT molecular complexity index is 585. The molecule has 1 amide bonds. The summed E-state index contributed by atoms with van der Waals surface area (Å²) in [4.78, 5) is 12.8. The Morgan fingerprint density at radius 2 is 2.22 bits per heavy atom. The van der Waals surface area contributed by atoms with Gasteiger partial charge in [0.05, 0.1) is 12.2 Å². The van der Waals surface area contributed by atoms with Crippen LogP contribution in [0.4, 0.5) is 10.1 Å². The van der Waals surface area contributed by atoms with E-state index in [1.807, 2.05) is 11.4 Å². The van der Waals surface area contributed by atoms with E-state index in [9.17, 15) is 9.18 Å². The molecule has 3 N–H and O–H groups in total. The molecule has 1 aromatic carbocycles. The number of rotatable bonds is 3. The number of thiophene rings is 1. The fourth-order valence-corrected chi connectivity index (χ4v) is 2.81. The van der Waals surface area contributed by atoms with Crippen molar-refractivity contribution < 1.29 is 9.18 Å². The van der Waals surface area contributed by atoms with E-state index in [0.717, 1.165) is 15.4 Å². The van der Waals surface area contributed by atoms with Crippen LogP contribution in [0, 0.1) is 5.82 Å². The fraction of sp³-hybridized carbons (Fsp3) is 0.0833. The highest BCUT2D eigenvalue weighted by Crippen LogP contribution is 2.22. The summed E-state index contributed by atoms with van der Waals surface area (Å²) in [6, 6.07) is 5.92. The molecule has 0 aliphatic rings. The number of carbonyl (C=O) groups is 1. The van der Waals surface area contributed by atoms with Crippen LogP contribution in [0.2, 0.25) is 0 Å². The molecule has 1 aromatic heterocycles. The van der Waals surface area contributed by atoms with Crippen LogP contribution in [0.3, 0.4) is 0 Å². The Labute approximate surface area is 116 Å². The molecule has 0 bridgehead atoms. The number of nitrogens with one attached hydrogen (secondary N) is 1. The van der Waals surface area contributed by atoms with E-state index >= 15 is 0 Å². The minimum absolute atomic E-state index is 0.0348. The third-order valence-corrected chi connectivity index (χ3v) is 4.29. The number of amides is 1. The van der Waals surface area contributed by atoms with Crippen molar-refractivity contribution in [2.75, 3.05) is 5.73 Å². The first-order valence-corrected chi connectivity index (χ1v) is 6.80. The topological polar surface area (TPSA) is 55.1 Å². The van der Waals surface area contributed by atoms with Gasteiger partial charge in [0.15, 0.2) is 0 Å². The van der Waals surface area contributed by atoms with Crippen molar-refractivity contribution in [3.05, 3.63) is 50.4 Å². The molecule has 1 heterocycles. The number of nitrogens with two attached hydrogens (primary N) is 1. The quantitative estimate of drug-likeness (QED) is 0.850. The standard InChI is InChI=1S/C12H10BrFN2OS/c13-8-3-4-18-11(8)6-16-12(17)7-1-2-10(15)9(14)5-7/h1-5H,6,15H2,(H,16,17). The summed E-state index contributed by atoms with van der Waals surface area (Å²) in [5.41, 5.74) is 5.64. The van der Waals surface area contributed by atoms with Gasteiger partial charge in [-0.05, 0) is 45.6 Å². The first kappa shape index (κ1) is 13.0. The molecule has 0 spiro atoms. The average Bonchev–Trinajstić information content (AvgIpc) is 2.75. The first-order chi connectivity index (χ1) is 8.58. The molecule has 6 heteroatoms. The third kappa shape index (κ3) is 2.88. The molecule has 2 aromatic rings. The highest BCUT2D eigenvalue weighted by Gasteiger charge is 2.09. The maximum atomic E-state index is 13.2. The zero-order valence-corrected chi connectivity index (χ0v) is 11.6. The Kier molecular flexibility index (Phi) is 3.98. The maximum absolute atomic E-state index is 13.2. The molecule has 3 nitrogen and oxygen atoms in total. The van der Waals surface area contributed by atoms with Gasteiger partial charge in [0.1, 0.15) is 5.82 Å². The average molecular weight is 329 g/mol. The van der Waals surface area contributed by atoms with Crippen molar-refractivity contribution >= 4 is 38.9 Å². The van der Waals surface area contributed by atoms with Gasteiger partial charge in [-0.15, -0.1) is 11.3 Å². The second kappa shape index (κ2) is 5.49. The van der Waals surface area contributed by atoms with Crippen LogP contribution >= 0.6 is 27.3 Å². The fourth-order valence-electron chi connectivity index (χ4n) is 1.38. The molecule has 0 fully saturated rings. The van der Waals surface area contributed by atoms with Crippen molar-refractivity contribution in [3.63, 3.8) is 0 Å². The molecule has 0 unspecified atom stereocenters. The summed E-state index contributed by atoms with van der Waals surface area (Å²) < 4.78 is 14.2. The summed E-state index contributed by atoms with van der Waals surface area (Å²) >= 11 is 4.91. The lowest BCUT2D eigenvalue weighted by Gasteiger charge is -2.05. The second-order valence-electron chi connectivity index (χ2n) is 3.61. The summed E-state index contributed by atoms with van der Waals surface area (Å²) in [5, 5.41) is 4.65. The lowest BCUT2D eigenvalue weighted by atomic mass is 10.2. The monoisotopic (exact) mass is 328 g/mol. The van der Waals surface area contributed by atoms with E-state index in [0.29, 0.717) is 6.54 Å². The molecule has 0 saturated heterocycles. The van der Waals surface area contributed by atoms with Gasteiger partial charge in [0.2, 0.25) is 0 Å². The van der Waals surface area contributed by atoms with Crippen LogP contribution in [0.25, 0.3) is 0 Å². The number of halogens is 2. The number of carbonyl (C=O) groups excluding carboxylic acids is 1. The summed E-state index contributed by atoms with van der Waals surface area (Å²) in [6.07, 6.45) is 0. The second-order valence-corrected chi connectivity index (χ2v) is 5.47. The number of hydrogen-bond acceptors (Lipinski definition) is 3. The van der Waals surface area contributed by atoms with E-state index in [4.69, 9.17) is 5.73 Å². The minimum Gasteiger partial charge on any atom is -0.396 e. The normalized spacial score (nSPS) is 10.3. The van der Waals surface area contributed by atoms with E-state index in [-0.39, 0.29) is 17.2 Å². The predicted octanol–water partition coefficient (Wildman–Crippen LogP) is 3.16. The van der Waals surface area contributed by atoms with Crippen molar-refractivity contribution in [1.29, 1.82) is 0 Å². The summed E-state index contributed by atoms with van der Waals surface area (Å²) in [5.74, 6) is -0.908. The predicted molar refractivity (Wildman–Crippen MR) is 74.0 cm³/mol. The zero-order valence-electron chi connectivity index (χ0n) is 9.24. The van der Waals surface area contributed by atoms with E-state index in [1.165, 1.54) is 23.5 Å². The smallest absolute Gasteiger partial charge is 0.251 e. The van der Waals surface area contributed by atoms with Gasteiger partial charge in [-0.3, -0.25) is 4.79 Å². The van der Waals surface area contributed by atoms with E-state index in [2.05, 4.69) is 21.2 Å². The Balaban J connectivity index is 2.04. The van der Waals surface area contributed by atoms with Gasteiger partial charge in [-0.1, -0.05) is 0 Å². The molecular weight excluding hydrogens is 319 g/mol. The van der Waals surface area contributed by atoms with Crippen LogP contribution < -0.4 is 11.1 Å². The largest absolute Gasteiger partial charge is 0.396 e.